The lowest BCUT2D eigenvalue weighted by Crippen LogP contribution is -2.16. The number of Topliss-reactive ketones (excluding diaryl/α,β-unsaturated/α-hetero) is 1. The zero-order valence-corrected chi connectivity index (χ0v) is 12.1. The molecule has 0 aliphatic carbocycles. The number of rotatable bonds is 2. The maximum atomic E-state index is 9.44. The van der Waals surface area contributed by atoms with E-state index < -0.39 is 0 Å². The van der Waals surface area contributed by atoms with Crippen molar-refractivity contribution in [3.8, 4) is 0 Å². The summed E-state index contributed by atoms with van der Waals surface area (Å²) < 4.78 is 15.1. The third-order valence-electron chi connectivity index (χ3n) is 1.29. The number of ketones is 1. The van der Waals surface area contributed by atoms with Gasteiger partial charge in [-0.1, -0.05) is 0 Å². The van der Waals surface area contributed by atoms with E-state index in [1.807, 2.05) is 27.7 Å². The first kappa shape index (κ1) is 18.9. The van der Waals surface area contributed by atoms with Crippen LogP contribution >= 0.6 is 0 Å². The molecule has 0 aromatic carbocycles. The molecule has 0 aromatic heterocycles. The second kappa shape index (κ2) is 13.6. The Kier molecular flexibility index (Phi) is 15.1. The van der Waals surface area contributed by atoms with Crippen molar-refractivity contribution in [1.82, 2.24) is 0 Å². The molecule has 0 aromatic rings. The van der Waals surface area contributed by atoms with Crippen molar-refractivity contribution in [2.24, 2.45) is 0 Å². The molecule has 0 atom stereocenters. The zero-order chi connectivity index (χ0) is 13.7. The fourth-order valence-electron chi connectivity index (χ4n) is 0.984. The topological polar surface area (TPSA) is 44.8 Å². The van der Waals surface area contributed by atoms with Crippen LogP contribution in [0, 0.1) is 0 Å². The summed E-state index contributed by atoms with van der Waals surface area (Å²) in [6, 6.07) is 0. The molecule has 1 saturated heterocycles. The Morgan fingerprint density at radius 1 is 0.882 bits per heavy atom. The zero-order valence-electron chi connectivity index (χ0n) is 12.1. The van der Waals surface area contributed by atoms with Crippen molar-refractivity contribution in [3.05, 3.63) is 0 Å². The first-order valence-corrected chi connectivity index (χ1v) is 6.14. The van der Waals surface area contributed by atoms with Crippen LogP contribution in [0.1, 0.15) is 41.5 Å². The predicted molar refractivity (Wildman–Crippen MR) is 69.4 cm³/mol. The summed E-state index contributed by atoms with van der Waals surface area (Å²) in [7, 11) is 0. The van der Waals surface area contributed by atoms with Crippen LogP contribution < -0.4 is 0 Å². The van der Waals surface area contributed by atoms with Gasteiger partial charge in [0, 0.05) is 0 Å². The van der Waals surface area contributed by atoms with Gasteiger partial charge >= 0.3 is 0 Å². The Morgan fingerprint density at radius 3 is 1.18 bits per heavy atom. The fraction of sp³-hybridized carbons (Fsp3) is 0.923. The van der Waals surface area contributed by atoms with Gasteiger partial charge in [-0.25, -0.2) is 0 Å². The number of ether oxygens (including phenoxy) is 3. The van der Waals surface area contributed by atoms with Crippen LogP contribution in [0.15, 0.2) is 0 Å². The van der Waals surface area contributed by atoms with E-state index in [1.165, 1.54) is 13.8 Å². The number of hydrogen-bond acceptors (Lipinski definition) is 4. The van der Waals surface area contributed by atoms with Crippen molar-refractivity contribution in [2.45, 2.75) is 53.8 Å². The second-order valence-electron chi connectivity index (χ2n) is 4.37. The van der Waals surface area contributed by atoms with Crippen LogP contribution in [-0.4, -0.2) is 44.4 Å². The van der Waals surface area contributed by atoms with E-state index in [0.29, 0.717) is 12.2 Å². The number of carbonyl (C=O) groups excluding carboxylic acids is 1. The Balaban J connectivity index is 0. The van der Waals surface area contributed by atoms with Crippen LogP contribution in [0.5, 0.6) is 0 Å². The van der Waals surface area contributed by atoms with Gasteiger partial charge in [0.2, 0.25) is 0 Å². The first-order chi connectivity index (χ1) is 7.86. The average molecular weight is 248 g/mol. The molecule has 0 N–H and O–H groups in total. The van der Waals surface area contributed by atoms with Crippen molar-refractivity contribution < 1.29 is 19.0 Å². The molecule has 1 fully saturated rings. The minimum absolute atomic E-state index is 0.167. The van der Waals surface area contributed by atoms with Gasteiger partial charge in [-0.2, -0.15) is 0 Å². The van der Waals surface area contributed by atoms with Crippen molar-refractivity contribution >= 4 is 5.78 Å². The van der Waals surface area contributed by atoms with E-state index in [1.54, 1.807) is 0 Å². The molecule has 0 spiro atoms. The number of carbonyl (C=O) groups is 1. The van der Waals surface area contributed by atoms with E-state index >= 15 is 0 Å². The molecule has 0 amide bonds. The predicted octanol–water partition coefficient (Wildman–Crippen LogP) is 2.45. The third-order valence-corrected chi connectivity index (χ3v) is 1.29. The Labute approximate surface area is 106 Å². The van der Waals surface area contributed by atoms with Crippen molar-refractivity contribution in [3.63, 3.8) is 0 Å². The van der Waals surface area contributed by atoms with E-state index in [9.17, 15) is 4.79 Å². The molecule has 0 bridgehead atoms. The molecular weight excluding hydrogens is 220 g/mol. The van der Waals surface area contributed by atoms with E-state index in [0.717, 1.165) is 26.4 Å². The lowest BCUT2D eigenvalue weighted by atomic mass is 10.4. The van der Waals surface area contributed by atoms with Gasteiger partial charge in [0.1, 0.15) is 5.78 Å². The summed E-state index contributed by atoms with van der Waals surface area (Å²) in [5.74, 6) is 0.167. The highest BCUT2D eigenvalue weighted by molar-refractivity contribution is 5.72. The highest BCUT2D eigenvalue weighted by atomic mass is 16.6. The molecule has 0 radical (unpaired) electrons. The van der Waals surface area contributed by atoms with Crippen LogP contribution in [-0.2, 0) is 19.0 Å². The van der Waals surface area contributed by atoms with E-state index in [4.69, 9.17) is 14.2 Å². The standard InChI is InChI=1S/C6H14O.C4H8O2.C3H6O/c1-5(2)7-6(3)4;1-2-6-4-3-5-1;1-3(2)4/h5-6H,1-4H3;1-4H2;1-2H3. The Morgan fingerprint density at radius 2 is 1.12 bits per heavy atom. The summed E-state index contributed by atoms with van der Waals surface area (Å²) in [6.07, 6.45) is 0.750. The SMILES string of the molecule is C1COCCO1.CC(C)=O.CC(C)OC(C)C. The molecule has 104 valence electrons. The van der Waals surface area contributed by atoms with Crippen molar-refractivity contribution in [2.75, 3.05) is 26.4 Å². The maximum absolute atomic E-state index is 9.44. The van der Waals surface area contributed by atoms with Crippen LogP contribution in [0.2, 0.25) is 0 Å². The highest BCUT2D eigenvalue weighted by Gasteiger charge is 1.94. The highest BCUT2D eigenvalue weighted by Crippen LogP contribution is 1.93. The first-order valence-electron chi connectivity index (χ1n) is 6.14. The molecule has 1 aliphatic heterocycles. The van der Waals surface area contributed by atoms with Gasteiger partial charge in [0.25, 0.3) is 0 Å². The van der Waals surface area contributed by atoms with Gasteiger partial charge in [-0.15, -0.1) is 0 Å². The molecule has 1 heterocycles. The molecule has 0 unspecified atom stereocenters. The smallest absolute Gasteiger partial charge is 0.126 e. The lowest BCUT2D eigenvalue weighted by Gasteiger charge is -2.09. The van der Waals surface area contributed by atoms with Crippen molar-refractivity contribution in [1.29, 1.82) is 0 Å². The third kappa shape index (κ3) is 31.3. The fourth-order valence-corrected chi connectivity index (χ4v) is 0.984. The summed E-state index contributed by atoms with van der Waals surface area (Å²) in [4.78, 5) is 9.44. The molecule has 17 heavy (non-hydrogen) atoms. The summed E-state index contributed by atoms with van der Waals surface area (Å²) in [6.45, 7) is 14.3. The average Bonchev–Trinajstić information content (AvgIpc) is 2.18. The van der Waals surface area contributed by atoms with Crippen LogP contribution in [0.25, 0.3) is 0 Å². The largest absolute Gasteiger partial charge is 0.377 e. The molecule has 4 nitrogen and oxygen atoms in total. The minimum atomic E-state index is 0.167. The van der Waals surface area contributed by atoms with Gasteiger partial charge < -0.3 is 19.0 Å². The van der Waals surface area contributed by atoms with Crippen LogP contribution in [0.3, 0.4) is 0 Å². The Hall–Kier alpha value is -0.450. The second-order valence-corrected chi connectivity index (χ2v) is 4.37. The van der Waals surface area contributed by atoms with Gasteiger partial charge in [-0.3, -0.25) is 0 Å². The monoisotopic (exact) mass is 248 g/mol. The maximum Gasteiger partial charge on any atom is 0.126 e. The van der Waals surface area contributed by atoms with Crippen LogP contribution in [0.4, 0.5) is 0 Å². The van der Waals surface area contributed by atoms with Gasteiger partial charge in [-0.05, 0) is 41.5 Å². The molecule has 0 saturated carbocycles. The molecular formula is C13H28O4. The van der Waals surface area contributed by atoms with Gasteiger partial charge in [0.15, 0.2) is 0 Å². The minimum Gasteiger partial charge on any atom is -0.377 e. The quantitative estimate of drug-likeness (QED) is 0.753. The Bertz CT molecular complexity index is 141. The molecule has 4 heteroatoms. The molecule has 1 aliphatic rings. The van der Waals surface area contributed by atoms with E-state index in [-0.39, 0.29) is 5.78 Å². The number of hydrogen-bond donors (Lipinski definition) is 0. The van der Waals surface area contributed by atoms with Gasteiger partial charge in [0.05, 0.1) is 38.6 Å². The summed E-state index contributed by atoms with van der Waals surface area (Å²) in [5.41, 5.74) is 0. The van der Waals surface area contributed by atoms with E-state index in [2.05, 4.69) is 0 Å². The lowest BCUT2D eigenvalue weighted by molar-refractivity contribution is -0.114. The summed E-state index contributed by atoms with van der Waals surface area (Å²) in [5, 5.41) is 0. The summed E-state index contributed by atoms with van der Waals surface area (Å²) >= 11 is 0. The molecule has 1 rings (SSSR count). The normalized spacial score (nSPS) is 14.6.